The van der Waals surface area contributed by atoms with Gasteiger partial charge in [-0.15, -0.1) is 11.8 Å². The van der Waals surface area contributed by atoms with Crippen LogP contribution in [0.1, 0.15) is 36.0 Å². The Balaban J connectivity index is 1.33. The number of rotatable bonds is 7. The van der Waals surface area contributed by atoms with Crippen LogP contribution in [0, 0.1) is 12.8 Å². The van der Waals surface area contributed by atoms with Crippen LogP contribution in [-0.4, -0.2) is 55.8 Å². The van der Waals surface area contributed by atoms with Crippen LogP contribution in [-0.2, 0) is 16.0 Å². The molecule has 186 valence electrons. The van der Waals surface area contributed by atoms with Gasteiger partial charge >= 0.3 is 0 Å². The summed E-state index contributed by atoms with van der Waals surface area (Å²) >= 11 is 1.68. The van der Waals surface area contributed by atoms with E-state index in [9.17, 15) is 9.59 Å². The Morgan fingerprint density at radius 1 is 1.14 bits per heavy atom. The van der Waals surface area contributed by atoms with Gasteiger partial charge in [-0.3, -0.25) is 9.59 Å². The first-order chi connectivity index (χ1) is 16.9. The maximum Gasteiger partial charge on any atom is 0.260 e. The van der Waals surface area contributed by atoms with E-state index >= 15 is 0 Å². The number of carbonyl (C=O) groups excluding carboxylic acids is 2. The Hall–Kier alpha value is -2.93. The largest absolute Gasteiger partial charge is 0.493 e. The fourth-order valence-corrected chi connectivity index (χ4v) is 6.44. The van der Waals surface area contributed by atoms with Crippen LogP contribution in [0.25, 0.3) is 6.08 Å². The molecular weight excluding hydrogens is 460 g/mol. The van der Waals surface area contributed by atoms with E-state index in [1.807, 2.05) is 48.4 Å². The highest BCUT2D eigenvalue weighted by Crippen LogP contribution is 2.43. The maximum atomic E-state index is 13.1. The van der Waals surface area contributed by atoms with Crippen LogP contribution >= 0.6 is 11.8 Å². The zero-order chi connectivity index (χ0) is 24.9. The number of methoxy groups -OCH3 is 2. The molecule has 2 fully saturated rings. The first-order valence-electron chi connectivity index (χ1n) is 12.1. The Morgan fingerprint density at radius 2 is 1.94 bits per heavy atom. The summed E-state index contributed by atoms with van der Waals surface area (Å²) in [4.78, 5) is 28.7. The first-order valence-corrected chi connectivity index (χ1v) is 13.0. The summed E-state index contributed by atoms with van der Waals surface area (Å²) in [6.45, 7) is 2.62. The number of hydrogen-bond donors (Lipinski definition) is 1. The molecule has 1 N–H and O–H groups in total. The molecule has 1 aliphatic carbocycles. The normalized spacial score (nSPS) is 23.1. The van der Waals surface area contributed by atoms with Crippen molar-refractivity contribution in [1.29, 1.82) is 0 Å². The van der Waals surface area contributed by atoms with Gasteiger partial charge in [0.2, 0.25) is 5.91 Å². The van der Waals surface area contributed by atoms with E-state index in [1.165, 1.54) is 5.56 Å². The summed E-state index contributed by atoms with van der Waals surface area (Å²) < 4.78 is 10.6. The van der Waals surface area contributed by atoms with E-state index < -0.39 is 0 Å². The second-order valence-electron chi connectivity index (χ2n) is 9.30. The van der Waals surface area contributed by atoms with E-state index in [1.54, 1.807) is 26.0 Å². The van der Waals surface area contributed by atoms with Gasteiger partial charge < -0.3 is 19.7 Å². The molecule has 2 aromatic rings. The summed E-state index contributed by atoms with van der Waals surface area (Å²) in [7, 11) is 5.11. The molecule has 0 spiro atoms. The lowest BCUT2D eigenvalue weighted by atomic mass is 9.83. The number of thioether (sulfide) groups is 1. The molecule has 3 unspecified atom stereocenters. The molecule has 4 rings (SSSR count). The van der Waals surface area contributed by atoms with Crippen LogP contribution in [0.3, 0.4) is 0 Å². The van der Waals surface area contributed by atoms with Gasteiger partial charge in [-0.05, 0) is 61.9 Å². The Labute approximate surface area is 212 Å². The second kappa shape index (κ2) is 11.2. The number of likely N-dealkylation sites (N-methyl/N-ethyl adjacent to an activating group) is 1. The molecule has 0 aromatic heterocycles. The molecule has 0 bridgehead atoms. The molecule has 2 aromatic carbocycles. The fourth-order valence-electron chi connectivity index (χ4n) is 4.96. The SMILES string of the molecule is COc1ccc(CCNC(=O)C2CCC3S/C(=C\c4cccc(C)c4)C(=O)N(C)C3C2)cc1OC. The van der Waals surface area contributed by atoms with Crippen molar-refractivity contribution in [3.63, 3.8) is 0 Å². The van der Waals surface area contributed by atoms with Crippen LogP contribution < -0.4 is 14.8 Å². The number of nitrogens with one attached hydrogen (secondary N) is 1. The van der Waals surface area contributed by atoms with Gasteiger partial charge in [-0.25, -0.2) is 0 Å². The van der Waals surface area contributed by atoms with Gasteiger partial charge in [0.05, 0.1) is 19.1 Å². The van der Waals surface area contributed by atoms with Crippen LogP contribution in [0.15, 0.2) is 47.4 Å². The lowest BCUT2D eigenvalue weighted by Crippen LogP contribution is -2.52. The molecule has 1 heterocycles. The van der Waals surface area contributed by atoms with Gasteiger partial charge in [0.1, 0.15) is 0 Å². The number of fused-ring (bicyclic) bond motifs is 1. The minimum Gasteiger partial charge on any atom is -0.493 e. The van der Waals surface area contributed by atoms with Crippen molar-refractivity contribution in [1.82, 2.24) is 10.2 Å². The number of benzene rings is 2. The fraction of sp³-hybridized carbons (Fsp3) is 0.429. The average Bonchev–Trinajstić information content (AvgIpc) is 2.86. The minimum absolute atomic E-state index is 0.0484. The number of hydrogen-bond acceptors (Lipinski definition) is 5. The molecule has 0 radical (unpaired) electrons. The zero-order valence-electron chi connectivity index (χ0n) is 20.9. The maximum absolute atomic E-state index is 13.1. The van der Waals surface area contributed by atoms with Crippen molar-refractivity contribution in [2.45, 2.75) is 43.9 Å². The minimum atomic E-state index is -0.0696. The molecular formula is C28H34N2O4S. The van der Waals surface area contributed by atoms with Crippen LogP contribution in [0.4, 0.5) is 0 Å². The van der Waals surface area contributed by atoms with Gasteiger partial charge in [-0.2, -0.15) is 0 Å². The van der Waals surface area contributed by atoms with Crippen molar-refractivity contribution in [3.8, 4) is 11.5 Å². The zero-order valence-corrected chi connectivity index (χ0v) is 21.7. The lowest BCUT2D eigenvalue weighted by molar-refractivity contribution is -0.131. The van der Waals surface area contributed by atoms with Gasteiger partial charge in [-0.1, -0.05) is 35.9 Å². The number of nitrogens with zero attached hydrogens (tertiary/aromatic N) is 1. The topological polar surface area (TPSA) is 67.9 Å². The standard InChI is InChI=1S/C28H34N2O4S/c1-18-6-5-7-20(14-18)16-26-28(32)30(2)22-17-21(9-11-25(22)35-26)27(31)29-13-12-19-8-10-23(33-3)24(15-19)34-4/h5-8,10,14-16,21-22,25H,9,11-13,17H2,1-4H3,(H,29,31)/b26-16-. The van der Waals surface area contributed by atoms with Crippen LogP contribution in [0.5, 0.6) is 11.5 Å². The van der Waals surface area contributed by atoms with Crippen molar-refractivity contribution in [2.24, 2.45) is 5.92 Å². The van der Waals surface area contributed by atoms with E-state index in [4.69, 9.17) is 9.47 Å². The van der Waals surface area contributed by atoms with Crippen molar-refractivity contribution >= 4 is 29.7 Å². The van der Waals surface area contributed by atoms with Crippen molar-refractivity contribution < 1.29 is 19.1 Å². The smallest absolute Gasteiger partial charge is 0.260 e. The molecule has 1 saturated carbocycles. The molecule has 6 nitrogen and oxygen atoms in total. The third-order valence-corrected chi connectivity index (χ3v) is 8.33. The quantitative estimate of drug-likeness (QED) is 0.576. The highest BCUT2D eigenvalue weighted by molar-refractivity contribution is 8.04. The first kappa shape index (κ1) is 25.2. The van der Waals surface area contributed by atoms with Crippen LogP contribution in [0.2, 0.25) is 0 Å². The van der Waals surface area contributed by atoms with Gasteiger partial charge in [0, 0.05) is 30.8 Å². The Morgan fingerprint density at radius 3 is 2.69 bits per heavy atom. The summed E-state index contributed by atoms with van der Waals surface area (Å²) in [5.41, 5.74) is 3.31. The number of carbonyl (C=O) groups is 2. The van der Waals surface area contributed by atoms with E-state index in [0.29, 0.717) is 36.1 Å². The summed E-state index contributed by atoms with van der Waals surface area (Å²) in [6.07, 6.45) is 5.19. The molecule has 7 heteroatoms. The molecule has 1 aliphatic heterocycles. The van der Waals surface area contributed by atoms with E-state index in [-0.39, 0.29) is 23.8 Å². The van der Waals surface area contributed by atoms with Crippen molar-refractivity contribution in [3.05, 3.63) is 64.1 Å². The average molecular weight is 495 g/mol. The number of ether oxygens (including phenoxy) is 2. The second-order valence-corrected chi connectivity index (χ2v) is 10.6. The third kappa shape index (κ3) is 5.84. The Kier molecular flexibility index (Phi) is 8.06. The highest BCUT2D eigenvalue weighted by atomic mass is 32.2. The number of amides is 2. The van der Waals surface area contributed by atoms with E-state index in [0.717, 1.165) is 28.9 Å². The van der Waals surface area contributed by atoms with Crippen molar-refractivity contribution in [2.75, 3.05) is 27.8 Å². The summed E-state index contributed by atoms with van der Waals surface area (Å²) in [5.74, 6) is 1.44. The van der Waals surface area contributed by atoms with E-state index in [2.05, 4.69) is 24.4 Å². The Bertz CT molecular complexity index is 1120. The summed E-state index contributed by atoms with van der Waals surface area (Å²) in [5, 5.41) is 3.43. The predicted molar refractivity (Wildman–Crippen MR) is 141 cm³/mol. The monoisotopic (exact) mass is 494 g/mol. The molecule has 2 amide bonds. The highest BCUT2D eigenvalue weighted by Gasteiger charge is 2.42. The molecule has 1 saturated heterocycles. The van der Waals surface area contributed by atoms with Gasteiger partial charge in [0.15, 0.2) is 11.5 Å². The number of aryl methyl sites for hydroxylation is 1. The lowest BCUT2D eigenvalue weighted by Gasteiger charge is -2.44. The third-order valence-electron chi connectivity index (χ3n) is 6.93. The molecule has 3 atom stereocenters. The molecule has 2 aliphatic rings. The predicted octanol–water partition coefficient (Wildman–Crippen LogP) is 4.45. The summed E-state index contributed by atoms with van der Waals surface area (Å²) in [6, 6.07) is 14.1. The molecule has 35 heavy (non-hydrogen) atoms. The van der Waals surface area contributed by atoms with Gasteiger partial charge in [0.25, 0.3) is 5.91 Å².